The zero-order chi connectivity index (χ0) is 75.8. The molecule has 564 valence electrons. The number of nitrogens with zero attached hydrogens (tertiary/aromatic N) is 5. The first kappa shape index (κ1) is 93.6. The van der Waals surface area contributed by atoms with Crippen molar-refractivity contribution in [3.05, 3.63) is 147 Å². The van der Waals surface area contributed by atoms with Crippen LogP contribution in [-0.2, 0) is 104 Å². The summed E-state index contributed by atoms with van der Waals surface area (Å²) < 4.78 is 0. The molecular weight excluding hydrogens is 1910 g/mol. The summed E-state index contributed by atoms with van der Waals surface area (Å²) >= 11 is -4.13. The van der Waals surface area contributed by atoms with Gasteiger partial charge in [-0.3, -0.25) is 25.0 Å². The fourth-order valence-corrected chi connectivity index (χ4v) is 16.7. The van der Waals surface area contributed by atoms with Gasteiger partial charge in [0.25, 0.3) is 0 Å². The molecule has 15 rings (SSSR count). The molecule has 0 bridgehead atoms. The monoisotopic (exact) mass is 2000 g/mol. The molecule has 0 saturated heterocycles. The Hall–Kier alpha value is 0.766. The Balaban J connectivity index is 0.000000194. The predicted molar refractivity (Wildman–Crippen MR) is 426 cm³/mol. The van der Waals surface area contributed by atoms with Crippen LogP contribution in [0.1, 0.15) is 242 Å². The van der Waals surface area contributed by atoms with E-state index in [0.29, 0.717) is 86.0 Å². The number of phenolic OH excluding ortho intramolecular Hbond substituents is 5. The first-order valence-corrected chi connectivity index (χ1v) is 68.1. The van der Waals surface area contributed by atoms with E-state index in [1.54, 1.807) is 0 Å². The third kappa shape index (κ3) is 29.6. The minimum atomic E-state index is -0.826. The number of rotatable bonds is 10. The van der Waals surface area contributed by atoms with Gasteiger partial charge in [0.15, 0.2) is 0 Å². The van der Waals surface area contributed by atoms with Crippen LogP contribution >= 0.6 is 85.1 Å². The van der Waals surface area contributed by atoms with Crippen LogP contribution in [0.2, 0.25) is 0 Å². The van der Waals surface area contributed by atoms with E-state index >= 15 is 0 Å². The van der Waals surface area contributed by atoms with E-state index in [1.165, 1.54) is 186 Å². The predicted octanol–water partition coefficient (Wildman–Crippen LogP) is 25.7. The van der Waals surface area contributed by atoms with Crippen LogP contribution in [0.25, 0.3) is 0 Å². The van der Waals surface area contributed by atoms with Gasteiger partial charge in [0.1, 0.15) is 28.7 Å². The molecule has 0 aliphatic heterocycles. The number of hydrogen-bond acceptors (Lipinski definition) is 10. The normalized spacial score (nSPS) is 22.2. The summed E-state index contributed by atoms with van der Waals surface area (Å²) in [4.78, 5) is 23.2. The van der Waals surface area contributed by atoms with Gasteiger partial charge < -0.3 is 25.5 Å². The second-order valence-electron chi connectivity index (χ2n) is 30.2. The van der Waals surface area contributed by atoms with Gasteiger partial charge in [-0.1, -0.05) is 118 Å². The number of phenols is 5. The van der Waals surface area contributed by atoms with Crippen molar-refractivity contribution in [3.8, 4) is 28.7 Å². The SMILES string of the molecule is Cc1cccc(C=NC2CC3(CC3)C2)c1O.Cc1cccc(C=NC2CC3(CCC3)C2)c1O.Cc1cccc(C=NC2CC3(CCCC3)C2)c1O.Cc1cccc(C=NC2CC3(CCCCC3)C2)c1O.Cc1cccc(C=NC2CCC23CCCCC3)c1O.[Cl][Zr][Cl].[Cl][Zr][Cl].[Cl][Zr][Cl].[Cl][Zr][Cl].[Cl][Zr][Cl]. The fraction of sp³-hybridized carbons (Fsp3) is 0.557. The summed E-state index contributed by atoms with van der Waals surface area (Å²) in [5.41, 5.74) is 12.0. The molecule has 5 N–H and O–H groups in total. The van der Waals surface area contributed by atoms with Crippen LogP contribution in [-0.4, -0.2) is 86.8 Å². The Bertz CT molecular complexity index is 3510. The first-order valence-electron chi connectivity index (χ1n) is 36.4. The van der Waals surface area contributed by atoms with Crippen LogP contribution in [0.5, 0.6) is 28.7 Å². The third-order valence-electron chi connectivity index (χ3n) is 23.2. The van der Waals surface area contributed by atoms with Gasteiger partial charge in [0.2, 0.25) is 0 Å². The van der Waals surface area contributed by atoms with Gasteiger partial charge in [-0.25, -0.2) is 0 Å². The molecule has 10 aliphatic rings. The van der Waals surface area contributed by atoms with E-state index in [9.17, 15) is 25.5 Å². The summed E-state index contributed by atoms with van der Waals surface area (Å²) in [5, 5.41) is 49.6. The molecule has 5 spiro atoms. The molecule has 10 nitrogen and oxygen atoms in total. The number of benzene rings is 5. The molecule has 25 heteroatoms. The van der Waals surface area contributed by atoms with E-state index in [-0.39, 0.29) is 0 Å². The number of halogens is 10. The summed E-state index contributed by atoms with van der Waals surface area (Å²) in [7, 11) is 49.3. The molecule has 1 atom stereocenters. The van der Waals surface area contributed by atoms with Crippen molar-refractivity contribution in [2.45, 2.75) is 251 Å². The van der Waals surface area contributed by atoms with Crippen molar-refractivity contribution >= 4 is 116 Å². The molecule has 104 heavy (non-hydrogen) atoms. The van der Waals surface area contributed by atoms with Crippen molar-refractivity contribution in [2.75, 3.05) is 0 Å². The number of aryl methyl sites for hydroxylation is 5. The number of hydrogen-bond donors (Lipinski definition) is 5. The summed E-state index contributed by atoms with van der Waals surface area (Å²) in [6.07, 6.45) is 48.6. The molecule has 10 fully saturated rings. The molecular formula is C79H103Cl10N5O5Zr5. The van der Waals surface area contributed by atoms with E-state index in [0.717, 1.165) is 55.6 Å². The van der Waals surface area contributed by atoms with Gasteiger partial charge in [0.05, 0.1) is 30.2 Å². The molecule has 0 aromatic heterocycles. The van der Waals surface area contributed by atoms with Crippen LogP contribution in [0.4, 0.5) is 0 Å². The van der Waals surface area contributed by atoms with Crippen LogP contribution in [0.15, 0.2) is 116 Å². The maximum absolute atomic E-state index is 10.0. The second-order valence-corrected chi connectivity index (χ2v) is 48.8. The third-order valence-corrected chi connectivity index (χ3v) is 23.2. The molecule has 0 heterocycles. The average molecular weight is 2010 g/mol. The summed E-state index contributed by atoms with van der Waals surface area (Å²) in [6, 6.07) is 31.5. The zero-order valence-electron chi connectivity index (χ0n) is 60.7. The number of para-hydroxylation sites is 5. The Morgan fingerprint density at radius 2 is 0.500 bits per heavy atom. The van der Waals surface area contributed by atoms with Gasteiger partial charge >= 0.3 is 189 Å². The van der Waals surface area contributed by atoms with Crippen LogP contribution in [0, 0.1) is 61.7 Å². The Kier molecular flexibility index (Phi) is 44.0. The number of aromatic hydroxyl groups is 5. The Morgan fingerprint density at radius 1 is 0.288 bits per heavy atom. The first-order chi connectivity index (χ1) is 50.0. The van der Waals surface area contributed by atoms with Crippen molar-refractivity contribution < 1.29 is 130 Å². The number of aliphatic imine (C=N–C) groups is 5. The average Bonchev–Trinajstić information content (AvgIpc) is 1.38. The summed E-state index contributed by atoms with van der Waals surface area (Å²) in [6.45, 7) is 9.60. The summed E-state index contributed by atoms with van der Waals surface area (Å²) in [5.74, 6) is 1.86. The molecule has 5 aromatic rings. The Labute approximate surface area is 714 Å². The molecule has 5 aromatic carbocycles. The van der Waals surface area contributed by atoms with E-state index in [4.69, 9.17) is 90.1 Å². The van der Waals surface area contributed by atoms with E-state index in [2.05, 4.69) is 20.0 Å². The van der Waals surface area contributed by atoms with Crippen molar-refractivity contribution in [1.82, 2.24) is 0 Å². The van der Waals surface area contributed by atoms with E-state index < -0.39 is 104 Å². The molecule has 0 radical (unpaired) electrons. The Morgan fingerprint density at radius 3 is 0.712 bits per heavy atom. The fourth-order valence-electron chi connectivity index (χ4n) is 16.7. The van der Waals surface area contributed by atoms with Crippen molar-refractivity contribution in [2.24, 2.45) is 52.0 Å². The second kappa shape index (κ2) is 48.9. The van der Waals surface area contributed by atoms with Gasteiger partial charge in [-0.05, 0) is 248 Å². The van der Waals surface area contributed by atoms with Crippen LogP contribution in [0.3, 0.4) is 0 Å². The van der Waals surface area contributed by atoms with Crippen molar-refractivity contribution in [1.29, 1.82) is 0 Å². The molecule has 10 saturated carbocycles. The topological polar surface area (TPSA) is 163 Å². The molecule has 0 amide bonds. The van der Waals surface area contributed by atoms with Gasteiger partial charge in [0, 0.05) is 58.9 Å². The van der Waals surface area contributed by atoms with Crippen LogP contribution < -0.4 is 0 Å². The van der Waals surface area contributed by atoms with Crippen molar-refractivity contribution in [3.63, 3.8) is 0 Å². The van der Waals surface area contributed by atoms with Gasteiger partial charge in [-0.15, -0.1) is 0 Å². The quantitative estimate of drug-likeness (QED) is 0.0878. The van der Waals surface area contributed by atoms with E-state index in [1.807, 2.05) is 157 Å². The molecule has 1 unspecified atom stereocenters. The maximum atomic E-state index is 10.0. The standard InChI is InChI=1S/2C17H23NO.C16H21NO.C15H19NO.C14H17NO.10ClH.5Zr/c1-13-6-5-7-14(16(13)19)12-18-15-8-11-17(15)9-3-2-4-10-17;1-13-6-5-7-14(16(13)19)12-18-15-10-17(11-15)8-3-2-4-9-17;1-12-5-4-6-13(15(12)18)11-17-14-9-16(10-14)7-2-3-8-16;1-11-4-2-5-12(14(11)17)10-16-13-8-15(9-13)6-3-7-15;1-10-3-2-4-11(13(10)16)9-15-12-7-14(8-12)5-6-14;;;;;;;;;;;;;;;/h2*5-7,12,15,19H,2-4,8-11H2,1H3;4-6,11,14,18H,2-3,7-10H2,1H3;2,4-5,10,13,17H,3,6-9H2,1H3;2-4,9,12,16H,5-8H2,1H3;10*1H;;;;;/q;;;;;;;;;;;;;;;5*+2/p-10. The van der Waals surface area contributed by atoms with Gasteiger partial charge in [-0.2, -0.15) is 0 Å². The minimum absolute atomic E-state index is 0.367. The molecule has 10 aliphatic carbocycles. The zero-order valence-corrected chi connectivity index (χ0v) is 80.5.